The molecule has 0 saturated carbocycles. The summed E-state index contributed by atoms with van der Waals surface area (Å²) in [6, 6.07) is 0. The number of esters is 1. The molecule has 1 unspecified atom stereocenters. The van der Waals surface area contributed by atoms with Crippen LogP contribution in [0.2, 0.25) is 0 Å². The van der Waals surface area contributed by atoms with Crippen molar-refractivity contribution in [1.82, 2.24) is 0 Å². The van der Waals surface area contributed by atoms with E-state index in [1.54, 1.807) is 0 Å². The van der Waals surface area contributed by atoms with E-state index in [1.807, 2.05) is 0 Å². The van der Waals surface area contributed by atoms with Crippen LogP contribution in [0.5, 0.6) is 0 Å². The van der Waals surface area contributed by atoms with Gasteiger partial charge in [-0.25, -0.2) is 4.79 Å². The molecule has 0 aromatic rings. The Balaban J connectivity index is 3.72. The van der Waals surface area contributed by atoms with Gasteiger partial charge in [-0.1, -0.05) is 103 Å². The van der Waals surface area contributed by atoms with E-state index >= 15 is 0 Å². The Labute approximate surface area is 169 Å². The van der Waals surface area contributed by atoms with Crippen LogP contribution in [0.3, 0.4) is 0 Å². The lowest BCUT2D eigenvalue weighted by atomic mass is 9.99. The van der Waals surface area contributed by atoms with Gasteiger partial charge in [-0.3, -0.25) is 0 Å². The molecular weight excluding hydrogens is 332 g/mol. The summed E-state index contributed by atoms with van der Waals surface area (Å²) in [5.74, 6) is -0.295. The fourth-order valence-electron chi connectivity index (χ4n) is 3.45. The lowest BCUT2D eigenvalue weighted by Crippen LogP contribution is -2.17. The Morgan fingerprint density at radius 2 is 1.30 bits per heavy atom. The largest absolute Gasteiger partial charge is 0.459 e. The van der Waals surface area contributed by atoms with Gasteiger partial charge < -0.3 is 4.74 Å². The van der Waals surface area contributed by atoms with Crippen LogP contribution in [0.4, 0.5) is 0 Å². The predicted molar refractivity (Wildman–Crippen MR) is 119 cm³/mol. The third-order valence-corrected chi connectivity index (χ3v) is 5.28. The molecule has 0 saturated heterocycles. The maximum atomic E-state index is 11.5. The maximum Gasteiger partial charge on any atom is 0.330 e. The topological polar surface area (TPSA) is 26.3 Å². The van der Waals surface area contributed by atoms with E-state index in [4.69, 9.17) is 4.74 Å². The first-order chi connectivity index (χ1) is 13.1. The molecule has 0 heterocycles. The van der Waals surface area contributed by atoms with Crippen molar-refractivity contribution in [2.24, 2.45) is 0 Å². The number of hydrogen-bond donors (Lipinski definition) is 0. The molecule has 158 valence electrons. The molecule has 0 radical (unpaired) electrons. The highest BCUT2D eigenvalue weighted by atomic mass is 16.5. The third-order valence-electron chi connectivity index (χ3n) is 5.28. The number of allylic oxidation sites excluding steroid dienone is 1. The molecule has 2 heteroatoms. The van der Waals surface area contributed by atoms with Crippen LogP contribution < -0.4 is 0 Å². The predicted octanol–water partition coefficient (Wildman–Crippen LogP) is 8.31. The van der Waals surface area contributed by atoms with Gasteiger partial charge in [-0.05, 0) is 38.5 Å². The van der Waals surface area contributed by atoms with Crippen molar-refractivity contribution in [2.75, 3.05) is 0 Å². The normalized spacial score (nSPS) is 11.9. The molecule has 0 spiro atoms. The Morgan fingerprint density at radius 3 is 1.85 bits per heavy atom. The van der Waals surface area contributed by atoms with Gasteiger partial charge in [0.15, 0.2) is 0 Å². The molecule has 0 aliphatic rings. The zero-order chi connectivity index (χ0) is 20.2. The average molecular weight is 379 g/mol. The van der Waals surface area contributed by atoms with Crippen LogP contribution in [0.15, 0.2) is 24.8 Å². The smallest absolute Gasteiger partial charge is 0.330 e. The summed E-state index contributed by atoms with van der Waals surface area (Å²) in [6.07, 6.45) is 22.4. The molecule has 0 aromatic carbocycles. The van der Waals surface area contributed by atoms with Gasteiger partial charge in [-0.15, -0.1) is 0 Å². The standard InChI is InChI=1S/C25H46O2/c1-5-8-10-11-12-13-14-15-16-18-19-23(4)21-22-24(20-17-9-6-2)27-25(26)7-3/h7,24H,3-6,8-22H2,1-2H3. The van der Waals surface area contributed by atoms with Crippen molar-refractivity contribution >= 4 is 5.97 Å². The average Bonchev–Trinajstić information content (AvgIpc) is 2.67. The summed E-state index contributed by atoms with van der Waals surface area (Å²) in [6.45, 7) is 12.2. The second-order valence-corrected chi connectivity index (χ2v) is 7.98. The summed E-state index contributed by atoms with van der Waals surface area (Å²) >= 11 is 0. The number of carbonyl (C=O) groups excluding carboxylic acids is 1. The van der Waals surface area contributed by atoms with Crippen LogP contribution in [-0.2, 0) is 9.53 Å². The van der Waals surface area contributed by atoms with Crippen molar-refractivity contribution in [3.63, 3.8) is 0 Å². The molecular formula is C25H46O2. The Kier molecular flexibility index (Phi) is 18.9. The van der Waals surface area contributed by atoms with Crippen LogP contribution in [0.25, 0.3) is 0 Å². The number of hydrogen-bond acceptors (Lipinski definition) is 2. The number of unbranched alkanes of at least 4 members (excludes halogenated alkanes) is 11. The highest BCUT2D eigenvalue weighted by molar-refractivity contribution is 5.81. The molecule has 0 N–H and O–H groups in total. The minimum Gasteiger partial charge on any atom is -0.459 e. The van der Waals surface area contributed by atoms with Crippen LogP contribution in [-0.4, -0.2) is 12.1 Å². The fraction of sp³-hybridized carbons (Fsp3) is 0.800. The van der Waals surface area contributed by atoms with Crippen LogP contribution >= 0.6 is 0 Å². The second kappa shape index (κ2) is 19.7. The van der Waals surface area contributed by atoms with Gasteiger partial charge in [0.1, 0.15) is 6.10 Å². The van der Waals surface area contributed by atoms with Crippen LogP contribution in [0, 0.1) is 0 Å². The Bertz CT molecular complexity index is 373. The van der Waals surface area contributed by atoms with Gasteiger partial charge in [0.05, 0.1) is 0 Å². The molecule has 0 amide bonds. The summed E-state index contributed by atoms with van der Waals surface area (Å²) < 4.78 is 5.50. The summed E-state index contributed by atoms with van der Waals surface area (Å²) in [5, 5.41) is 0. The minimum absolute atomic E-state index is 0.0199. The summed E-state index contributed by atoms with van der Waals surface area (Å²) in [4.78, 5) is 11.5. The van der Waals surface area contributed by atoms with E-state index in [1.165, 1.54) is 88.7 Å². The minimum atomic E-state index is -0.295. The third kappa shape index (κ3) is 18.1. The fourth-order valence-corrected chi connectivity index (χ4v) is 3.45. The van der Waals surface area contributed by atoms with Gasteiger partial charge in [0.25, 0.3) is 0 Å². The van der Waals surface area contributed by atoms with E-state index in [0.717, 1.165) is 32.1 Å². The van der Waals surface area contributed by atoms with E-state index < -0.39 is 0 Å². The SMILES string of the molecule is C=CC(=O)OC(CCCCC)CCC(=C)CCCCCCCCCCCC. The van der Waals surface area contributed by atoms with Crippen molar-refractivity contribution in [1.29, 1.82) is 0 Å². The van der Waals surface area contributed by atoms with Gasteiger partial charge in [0.2, 0.25) is 0 Å². The lowest BCUT2D eigenvalue weighted by molar-refractivity contribution is -0.143. The van der Waals surface area contributed by atoms with Gasteiger partial charge >= 0.3 is 5.97 Å². The molecule has 0 aliphatic carbocycles. The zero-order valence-electron chi connectivity index (χ0n) is 18.4. The molecule has 0 rings (SSSR count). The molecule has 0 aliphatic heterocycles. The van der Waals surface area contributed by atoms with Crippen LogP contribution in [0.1, 0.15) is 123 Å². The first-order valence-corrected chi connectivity index (χ1v) is 11.6. The molecule has 1 atom stereocenters. The summed E-state index contributed by atoms with van der Waals surface area (Å²) in [7, 11) is 0. The molecule has 2 nitrogen and oxygen atoms in total. The van der Waals surface area contributed by atoms with Crippen molar-refractivity contribution in [3.05, 3.63) is 24.8 Å². The first kappa shape index (κ1) is 26.0. The van der Waals surface area contributed by atoms with E-state index in [0.29, 0.717) is 0 Å². The van der Waals surface area contributed by atoms with Crippen molar-refractivity contribution in [3.8, 4) is 0 Å². The van der Waals surface area contributed by atoms with E-state index in [-0.39, 0.29) is 12.1 Å². The molecule has 0 fully saturated rings. The van der Waals surface area contributed by atoms with E-state index in [2.05, 4.69) is 27.0 Å². The molecule has 0 bridgehead atoms. The lowest BCUT2D eigenvalue weighted by Gasteiger charge is -2.17. The second-order valence-electron chi connectivity index (χ2n) is 7.98. The number of rotatable bonds is 20. The van der Waals surface area contributed by atoms with Crippen molar-refractivity contribution < 1.29 is 9.53 Å². The molecule has 27 heavy (non-hydrogen) atoms. The number of carbonyl (C=O) groups is 1. The van der Waals surface area contributed by atoms with Crippen molar-refractivity contribution in [2.45, 2.75) is 129 Å². The zero-order valence-corrected chi connectivity index (χ0v) is 18.4. The maximum absolute atomic E-state index is 11.5. The number of ether oxygens (including phenoxy) is 1. The summed E-state index contributed by atoms with van der Waals surface area (Å²) in [5.41, 5.74) is 1.31. The first-order valence-electron chi connectivity index (χ1n) is 11.6. The van der Waals surface area contributed by atoms with E-state index in [9.17, 15) is 4.79 Å². The highest BCUT2D eigenvalue weighted by Gasteiger charge is 2.13. The highest BCUT2D eigenvalue weighted by Crippen LogP contribution is 2.19. The van der Waals surface area contributed by atoms with Gasteiger partial charge in [-0.2, -0.15) is 0 Å². The Hall–Kier alpha value is -1.05. The van der Waals surface area contributed by atoms with Gasteiger partial charge in [0, 0.05) is 6.08 Å². The monoisotopic (exact) mass is 378 g/mol. The quantitative estimate of drug-likeness (QED) is 0.0921. The Morgan fingerprint density at radius 1 is 0.778 bits per heavy atom. The molecule has 0 aromatic heterocycles.